The van der Waals surface area contributed by atoms with E-state index >= 15 is 0 Å². The van der Waals surface area contributed by atoms with Crippen molar-refractivity contribution >= 4 is 11.6 Å². The SMILES string of the molecule is Cc1ccn2cc(C(=O)NCc3ccc(OC(C)C)nc3)nc2c1. The van der Waals surface area contributed by atoms with Crippen molar-refractivity contribution in [2.75, 3.05) is 0 Å². The number of imidazole rings is 1. The normalized spacial score (nSPS) is 11.0. The van der Waals surface area contributed by atoms with Crippen LogP contribution >= 0.6 is 0 Å². The van der Waals surface area contributed by atoms with Gasteiger partial charge < -0.3 is 14.5 Å². The quantitative estimate of drug-likeness (QED) is 0.783. The standard InChI is InChI=1S/C18H20N4O2/c1-12(2)24-17-5-4-14(9-19-17)10-20-18(23)15-11-22-7-6-13(3)8-16(22)21-15/h4-9,11-12H,10H2,1-3H3,(H,20,23). The molecular weight excluding hydrogens is 304 g/mol. The van der Waals surface area contributed by atoms with Gasteiger partial charge in [0.05, 0.1) is 6.10 Å². The summed E-state index contributed by atoms with van der Waals surface area (Å²) in [5, 5.41) is 2.86. The van der Waals surface area contributed by atoms with E-state index in [0.717, 1.165) is 16.8 Å². The average Bonchev–Trinajstić information content (AvgIpc) is 2.96. The van der Waals surface area contributed by atoms with Gasteiger partial charge >= 0.3 is 0 Å². The van der Waals surface area contributed by atoms with Crippen molar-refractivity contribution in [2.45, 2.75) is 33.4 Å². The molecule has 1 N–H and O–H groups in total. The summed E-state index contributed by atoms with van der Waals surface area (Å²) >= 11 is 0. The summed E-state index contributed by atoms with van der Waals surface area (Å²) in [6, 6.07) is 7.60. The number of fused-ring (bicyclic) bond motifs is 1. The summed E-state index contributed by atoms with van der Waals surface area (Å²) in [5.74, 6) is 0.370. The van der Waals surface area contributed by atoms with Crippen molar-refractivity contribution in [1.29, 1.82) is 0 Å². The van der Waals surface area contributed by atoms with E-state index in [4.69, 9.17) is 4.74 Å². The molecule has 0 aliphatic carbocycles. The minimum absolute atomic E-state index is 0.0849. The monoisotopic (exact) mass is 324 g/mol. The number of hydrogen-bond donors (Lipinski definition) is 1. The maximum absolute atomic E-state index is 12.3. The van der Waals surface area contributed by atoms with E-state index in [0.29, 0.717) is 18.1 Å². The maximum Gasteiger partial charge on any atom is 0.271 e. The molecule has 0 spiro atoms. The molecule has 6 heteroatoms. The zero-order valence-electron chi connectivity index (χ0n) is 14.0. The number of carbonyl (C=O) groups excluding carboxylic acids is 1. The Balaban J connectivity index is 1.63. The third-order valence-corrected chi connectivity index (χ3v) is 3.46. The molecule has 0 saturated heterocycles. The highest BCUT2D eigenvalue weighted by Gasteiger charge is 2.10. The number of aryl methyl sites for hydroxylation is 1. The van der Waals surface area contributed by atoms with Gasteiger partial charge in [-0.05, 0) is 44.0 Å². The van der Waals surface area contributed by atoms with E-state index in [-0.39, 0.29) is 12.0 Å². The first-order valence-corrected chi connectivity index (χ1v) is 7.86. The molecule has 0 radical (unpaired) electrons. The number of amides is 1. The van der Waals surface area contributed by atoms with Gasteiger partial charge in [-0.25, -0.2) is 9.97 Å². The maximum atomic E-state index is 12.3. The number of carbonyl (C=O) groups is 1. The van der Waals surface area contributed by atoms with Gasteiger partial charge in [0.25, 0.3) is 5.91 Å². The van der Waals surface area contributed by atoms with Crippen LogP contribution in [0.1, 0.15) is 35.5 Å². The van der Waals surface area contributed by atoms with Gasteiger partial charge in [0.1, 0.15) is 11.3 Å². The Bertz CT molecular complexity index is 853. The number of nitrogens with zero attached hydrogens (tertiary/aromatic N) is 3. The van der Waals surface area contributed by atoms with Crippen LogP contribution in [-0.4, -0.2) is 26.4 Å². The number of hydrogen-bond acceptors (Lipinski definition) is 4. The van der Waals surface area contributed by atoms with Gasteiger partial charge in [0.15, 0.2) is 0 Å². The van der Waals surface area contributed by atoms with Crippen molar-refractivity contribution in [3.05, 3.63) is 59.7 Å². The first-order valence-electron chi connectivity index (χ1n) is 7.86. The summed E-state index contributed by atoms with van der Waals surface area (Å²) in [4.78, 5) is 20.8. The molecule has 3 heterocycles. The van der Waals surface area contributed by atoms with E-state index in [1.165, 1.54) is 0 Å². The van der Waals surface area contributed by atoms with E-state index in [1.807, 2.05) is 49.6 Å². The van der Waals surface area contributed by atoms with Crippen LogP contribution in [0.3, 0.4) is 0 Å². The second-order valence-electron chi connectivity index (χ2n) is 5.95. The Morgan fingerprint density at radius 2 is 2.17 bits per heavy atom. The molecule has 0 unspecified atom stereocenters. The van der Waals surface area contributed by atoms with Crippen LogP contribution in [0.15, 0.2) is 42.9 Å². The highest BCUT2D eigenvalue weighted by atomic mass is 16.5. The smallest absolute Gasteiger partial charge is 0.271 e. The lowest BCUT2D eigenvalue weighted by Crippen LogP contribution is -2.23. The van der Waals surface area contributed by atoms with Crippen molar-refractivity contribution < 1.29 is 9.53 Å². The van der Waals surface area contributed by atoms with Crippen LogP contribution in [0.4, 0.5) is 0 Å². The molecule has 0 aliphatic heterocycles. The molecule has 0 fully saturated rings. The van der Waals surface area contributed by atoms with Gasteiger partial charge in [-0.15, -0.1) is 0 Å². The van der Waals surface area contributed by atoms with Gasteiger partial charge in [0, 0.05) is 31.2 Å². The zero-order valence-corrected chi connectivity index (χ0v) is 14.0. The summed E-state index contributed by atoms with van der Waals surface area (Å²) < 4.78 is 7.33. The second-order valence-corrected chi connectivity index (χ2v) is 5.95. The van der Waals surface area contributed by atoms with Gasteiger partial charge in [-0.3, -0.25) is 4.79 Å². The van der Waals surface area contributed by atoms with Crippen LogP contribution in [0.2, 0.25) is 0 Å². The average molecular weight is 324 g/mol. The third-order valence-electron chi connectivity index (χ3n) is 3.46. The predicted octanol–water partition coefficient (Wildman–Crippen LogP) is 2.75. The first-order chi connectivity index (χ1) is 11.5. The highest BCUT2D eigenvalue weighted by molar-refractivity contribution is 5.92. The Labute approximate surface area is 140 Å². The highest BCUT2D eigenvalue weighted by Crippen LogP contribution is 2.10. The van der Waals surface area contributed by atoms with Crippen molar-refractivity contribution in [3.63, 3.8) is 0 Å². The van der Waals surface area contributed by atoms with Crippen LogP contribution in [0, 0.1) is 6.92 Å². The number of ether oxygens (including phenoxy) is 1. The third kappa shape index (κ3) is 3.71. The van der Waals surface area contributed by atoms with Gasteiger partial charge in [-0.2, -0.15) is 0 Å². The molecule has 0 saturated carbocycles. The van der Waals surface area contributed by atoms with Gasteiger partial charge in [0.2, 0.25) is 5.88 Å². The first kappa shape index (κ1) is 16.0. The summed E-state index contributed by atoms with van der Waals surface area (Å²) in [6.07, 6.45) is 5.40. The minimum Gasteiger partial charge on any atom is -0.475 e. The molecule has 0 aromatic carbocycles. The van der Waals surface area contributed by atoms with E-state index in [1.54, 1.807) is 18.5 Å². The number of pyridine rings is 2. The molecule has 24 heavy (non-hydrogen) atoms. The van der Waals surface area contributed by atoms with Crippen molar-refractivity contribution in [1.82, 2.24) is 19.7 Å². The Morgan fingerprint density at radius 3 is 2.88 bits per heavy atom. The predicted molar refractivity (Wildman–Crippen MR) is 91.1 cm³/mol. The Morgan fingerprint density at radius 1 is 1.33 bits per heavy atom. The van der Waals surface area contributed by atoms with E-state index < -0.39 is 0 Å². The molecule has 1 amide bonds. The van der Waals surface area contributed by atoms with E-state index in [9.17, 15) is 4.79 Å². The summed E-state index contributed by atoms with van der Waals surface area (Å²) in [6.45, 7) is 6.28. The summed E-state index contributed by atoms with van der Waals surface area (Å²) in [7, 11) is 0. The van der Waals surface area contributed by atoms with Crippen LogP contribution in [-0.2, 0) is 6.54 Å². The molecule has 0 atom stereocenters. The van der Waals surface area contributed by atoms with Crippen molar-refractivity contribution in [2.24, 2.45) is 0 Å². The Kier molecular flexibility index (Phi) is 4.46. The van der Waals surface area contributed by atoms with Crippen LogP contribution in [0.25, 0.3) is 5.65 Å². The van der Waals surface area contributed by atoms with Gasteiger partial charge in [-0.1, -0.05) is 6.07 Å². The molecule has 3 aromatic heterocycles. The molecule has 124 valence electrons. The summed E-state index contributed by atoms with van der Waals surface area (Å²) in [5.41, 5.74) is 3.17. The lowest BCUT2D eigenvalue weighted by atomic mass is 10.3. The number of aromatic nitrogens is 3. The minimum atomic E-state index is -0.209. The lowest BCUT2D eigenvalue weighted by molar-refractivity contribution is 0.0946. The Hall–Kier alpha value is -2.89. The number of nitrogens with one attached hydrogen (secondary N) is 1. The molecular formula is C18H20N4O2. The molecule has 0 bridgehead atoms. The fourth-order valence-electron chi connectivity index (χ4n) is 2.29. The second kappa shape index (κ2) is 6.70. The van der Waals surface area contributed by atoms with E-state index in [2.05, 4.69) is 15.3 Å². The lowest BCUT2D eigenvalue weighted by Gasteiger charge is -2.09. The number of rotatable bonds is 5. The molecule has 0 aliphatic rings. The fourth-order valence-corrected chi connectivity index (χ4v) is 2.29. The van der Waals surface area contributed by atoms with Crippen molar-refractivity contribution in [3.8, 4) is 5.88 Å². The topological polar surface area (TPSA) is 68.5 Å². The van der Waals surface area contributed by atoms with Crippen LogP contribution in [0.5, 0.6) is 5.88 Å². The molecule has 3 aromatic rings. The zero-order chi connectivity index (χ0) is 17.1. The van der Waals surface area contributed by atoms with Crippen LogP contribution < -0.4 is 10.1 Å². The molecule has 6 nitrogen and oxygen atoms in total. The fraction of sp³-hybridized carbons (Fsp3) is 0.278. The molecule has 3 rings (SSSR count). The largest absolute Gasteiger partial charge is 0.475 e.